The first kappa shape index (κ1) is 17.2. The summed E-state index contributed by atoms with van der Waals surface area (Å²) in [5.74, 6) is -0.00343. The summed E-state index contributed by atoms with van der Waals surface area (Å²) in [5, 5.41) is 8.68. The molecular weight excluding hydrogens is 292 g/mol. The van der Waals surface area contributed by atoms with Crippen LogP contribution in [0, 0.1) is 0 Å². The van der Waals surface area contributed by atoms with Crippen molar-refractivity contribution in [3.63, 3.8) is 0 Å². The minimum absolute atomic E-state index is 0.00343. The van der Waals surface area contributed by atoms with Crippen LogP contribution in [0.5, 0.6) is 0 Å². The summed E-state index contributed by atoms with van der Waals surface area (Å²) in [7, 11) is 0. The summed E-state index contributed by atoms with van der Waals surface area (Å²) in [5.41, 5.74) is 1.03. The van der Waals surface area contributed by atoms with Crippen molar-refractivity contribution < 1.29 is 9.59 Å². The molecule has 0 aliphatic heterocycles. The minimum Gasteiger partial charge on any atom is -0.352 e. The Morgan fingerprint density at radius 1 is 1.09 bits per heavy atom. The van der Waals surface area contributed by atoms with E-state index in [1.165, 1.54) is 19.3 Å². The third-order valence-electron chi connectivity index (χ3n) is 4.05. The van der Waals surface area contributed by atoms with Gasteiger partial charge in [0, 0.05) is 37.9 Å². The molecule has 0 aromatic carbocycles. The van der Waals surface area contributed by atoms with Crippen molar-refractivity contribution >= 4 is 11.9 Å². The van der Waals surface area contributed by atoms with Crippen LogP contribution in [0.2, 0.25) is 0 Å². The summed E-state index contributed by atoms with van der Waals surface area (Å²) in [6.45, 7) is 1.03. The topological polar surface area (TPSA) is 83.1 Å². The maximum Gasteiger partial charge on any atom is 0.315 e. The molecule has 6 nitrogen and oxygen atoms in total. The molecule has 1 saturated carbocycles. The van der Waals surface area contributed by atoms with Gasteiger partial charge in [-0.25, -0.2) is 4.79 Å². The molecule has 0 atom stereocenters. The smallest absolute Gasteiger partial charge is 0.315 e. The third-order valence-corrected chi connectivity index (χ3v) is 4.05. The summed E-state index contributed by atoms with van der Waals surface area (Å²) in [6.07, 6.45) is 10.3. The number of carbonyl (C=O) groups excluding carboxylic acids is 2. The lowest BCUT2D eigenvalue weighted by Crippen LogP contribution is -2.43. The Morgan fingerprint density at radius 2 is 1.83 bits per heavy atom. The van der Waals surface area contributed by atoms with E-state index in [0.29, 0.717) is 32.0 Å². The van der Waals surface area contributed by atoms with Gasteiger partial charge in [0.25, 0.3) is 0 Å². The van der Waals surface area contributed by atoms with Crippen molar-refractivity contribution in [2.45, 2.75) is 57.5 Å². The van der Waals surface area contributed by atoms with Crippen molar-refractivity contribution in [2.24, 2.45) is 0 Å². The Morgan fingerprint density at radius 3 is 2.57 bits per heavy atom. The molecule has 1 fully saturated rings. The molecule has 0 bridgehead atoms. The molecule has 1 aliphatic carbocycles. The van der Waals surface area contributed by atoms with Crippen molar-refractivity contribution in [2.75, 3.05) is 6.54 Å². The molecule has 3 N–H and O–H groups in total. The van der Waals surface area contributed by atoms with Crippen LogP contribution in [0.25, 0.3) is 0 Å². The average molecular weight is 318 g/mol. The highest BCUT2D eigenvalue weighted by Gasteiger charge is 2.15. The van der Waals surface area contributed by atoms with Crippen LogP contribution in [0.3, 0.4) is 0 Å². The fourth-order valence-corrected chi connectivity index (χ4v) is 2.72. The second-order valence-corrected chi connectivity index (χ2v) is 5.97. The molecule has 3 amide bonds. The van der Waals surface area contributed by atoms with Gasteiger partial charge < -0.3 is 16.0 Å². The minimum atomic E-state index is -0.117. The van der Waals surface area contributed by atoms with Crippen molar-refractivity contribution in [1.29, 1.82) is 0 Å². The molecule has 1 heterocycles. The van der Waals surface area contributed by atoms with Gasteiger partial charge in [-0.3, -0.25) is 9.78 Å². The fourth-order valence-electron chi connectivity index (χ4n) is 2.72. The van der Waals surface area contributed by atoms with E-state index in [1.54, 1.807) is 12.4 Å². The van der Waals surface area contributed by atoms with Crippen LogP contribution in [0.4, 0.5) is 4.79 Å². The Balaban J connectivity index is 1.50. The van der Waals surface area contributed by atoms with Gasteiger partial charge in [-0.15, -0.1) is 0 Å². The van der Waals surface area contributed by atoms with Crippen molar-refractivity contribution in [1.82, 2.24) is 20.9 Å². The van der Waals surface area contributed by atoms with Crippen molar-refractivity contribution in [3.8, 4) is 0 Å². The number of aromatic nitrogens is 1. The van der Waals surface area contributed by atoms with Crippen LogP contribution in [-0.2, 0) is 11.3 Å². The molecule has 2 rings (SSSR count). The largest absolute Gasteiger partial charge is 0.352 e. The van der Waals surface area contributed by atoms with Crippen LogP contribution < -0.4 is 16.0 Å². The molecular formula is C17H26N4O2. The van der Waals surface area contributed by atoms with E-state index in [2.05, 4.69) is 20.9 Å². The van der Waals surface area contributed by atoms with E-state index in [1.807, 2.05) is 12.1 Å². The van der Waals surface area contributed by atoms with E-state index in [9.17, 15) is 9.59 Å². The number of hydrogen-bond acceptors (Lipinski definition) is 3. The fraction of sp³-hybridized carbons (Fsp3) is 0.588. The lowest BCUT2D eigenvalue weighted by molar-refractivity contribution is -0.121. The Hall–Kier alpha value is -2.11. The van der Waals surface area contributed by atoms with E-state index in [-0.39, 0.29) is 11.9 Å². The third kappa shape index (κ3) is 7.13. The predicted octanol–water partition coefficient (Wildman–Crippen LogP) is 2.11. The number of nitrogens with one attached hydrogen (secondary N) is 3. The van der Waals surface area contributed by atoms with Gasteiger partial charge in [0.2, 0.25) is 5.91 Å². The summed E-state index contributed by atoms with van der Waals surface area (Å²) in [4.78, 5) is 27.4. The number of amides is 3. The molecule has 126 valence electrons. The normalized spacial score (nSPS) is 15.0. The van der Waals surface area contributed by atoms with Crippen LogP contribution in [0.15, 0.2) is 24.5 Å². The van der Waals surface area contributed by atoms with E-state index >= 15 is 0 Å². The number of pyridine rings is 1. The second kappa shape index (κ2) is 9.82. The number of urea groups is 1. The van der Waals surface area contributed by atoms with E-state index < -0.39 is 0 Å². The maximum atomic E-state index is 11.7. The molecule has 0 unspecified atom stereocenters. The Bertz CT molecular complexity index is 487. The monoisotopic (exact) mass is 318 g/mol. The van der Waals surface area contributed by atoms with Crippen LogP contribution >= 0.6 is 0 Å². The predicted molar refractivity (Wildman–Crippen MR) is 88.7 cm³/mol. The van der Waals surface area contributed by atoms with Crippen LogP contribution in [-0.4, -0.2) is 29.5 Å². The highest BCUT2D eigenvalue weighted by atomic mass is 16.2. The first-order chi connectivity index (χ1) is 11.2. The number of nitrogens with zero attached hydrogens (tertiary/aromatic N) is 1. The molecule has 6 heteroatoms. The zero-order valence-electron chi connectivity index (χ0n) is 13.5. The lowest BCUT2D eigenvalue weighted by atomic mass is 9.96. The van der Waals surface area contributed by atoms with Crippen LogP contribution in [0.1, 0.15) is 50.5 Å². The average Bonchev–Trinajstić information content (AvgIpc) is 2.59. The summed E-state index contributed by atoms with van der Waals surface area (Å²) < 4.78 is 0. The molecule has 1 aromatic heterocycles. The molecule has 1 aliphatic rings. The van der Waals surface area contributed by atoms with Gasteiger partial charge in [0.15, 0.2) is 0 Å². The van der Waals surface area contributed by atoms with Crippen molar-refractivity contribution in [3.05, 3.63) is 30.1 Å². The SMILES string of the molecule is O=C(CCCNC(=O)NC1CCCCC1)NCc1ccncc1. The summed E-state index contributed by atoms with van der Waals surface area (Å²) in [6, 6.07) is 3.94. The quantitative estimate of drug-likeness (QED) is 0.673. The van der Waals surface area contributed by atoms with Gasteiger partial charge in [-0.05, 0) is 37.0 Å². The lowest BCUT2D eigenvalue weighted by Gasteiger charge is -2.22. The highest BCUT2D eigenvalue weighted by molar-refractivity contribution is 5.76. The zero-order valence-corrected chi connectivity index (χ0v) is 13.5. The van der Waals surface area contributed by atoms with Gasteiger partial charge >= 0.3 is 6.03 Å². The second-order valence-electron chi connectivity index (χ2n) is 5.97. The standard InChI is InChI=1S/C17H26N4O2/c22-16(20-13-14-8-11-18-12-9-14)7-4-10-19-17(23)21-15-5-2-1-3-6-15/h8-9,11-12,15H,1-7,10,13H2,(H,20,22)(H2,19,21,23). The Labute approximate surface area is 137 Å². The molecule has 0 spiro atoms. The van der Waals surface area contributed by atoms with Gasteiger partial charge in [0.1, 0.15) is 0 Å². The highest BCUT2D eigenvalue weighted by Crippen LogP contribution is 2.17. The number of carbonyl (C=O) groups is 2. The van der Waals surface area contributed by atoms with Gasteiger partial charge in [-0.1, -0.05) is 19.3 Å². The maximum absolute atomic E-state index is 11.7. The van der Waals surface area contributed by atoms with E-state index in [0.717, 1.165) is 18.4 Å². The van der Waals surface area contributed by atoms with Gasteiger partial charge in [0.05, 0.1) is 0 Å². The Kier molecular flexibility index (Phi) is 7.36. The number of hydrogen-bond donors (Lipinski definition) is 3. The molecule has 0 saturated heterocycles. The summed E-state index contributed by atoms with van der Waals surface area (Å²) >= 11 is 0. The molecule has 0 radical (unpaired) electrons. The molecule has 1 aromatic rings. The van der Waals surface area contributed by atoms with Gasteiger partial charge in [-0.2, -0.15) is 0 Å². The number of rotatable bonds is 7. The first-order valence-corrected chi connectivity index (χ1v) is 8.44. The van der Waals surface area contributed by atoms with E-state index in [4.69, 9.17) is 0 Å². The first-order valence-electron chi connectivity index (χ1n) is 8.44. The zero-order chi connectivity index (χ0) is 16.3. The molecule has 23 heavy (non-hydrogen) atoms.